The Kier molecular flexibility index (Phi) is 6.55. The first-order chi connectivity index (χ1) is 17.8. The van der Waals surface area contributed by atoms with E-state index in [4.69, 9.17) is 28.2 Å². The molecule has 4 heterocycles. The first-order valence-corrected chi connectivity index (χ1v) is 14.3. The summed E-state index contributed by atoms with van der Waals surface area (Å²) < 4.78 is 0. The van der Waals surface area contributed by atoms with Crippen molar-refractivity contribution in [3.63, 3.8) is 0 Å². The molecule has 2 bridgehead atoms. The number of carbonyl (C=O) groups is 1. The lowest BCUT2D eigenvalue weighted by Crippen LogP contribution is -2.45. The van der Waals surface area contributed by atoms with E-state index in [0.29, 0.717) is 32.9 Å². The topological polar surface area (TPSA) is 102 Å². The lowest BCUT2D eigenvalue weighted by atomic mass is 9.87. The van der Waals surface area contributed by atoms with Crippen LogP contribution in [0.15, 0.2) is 18.3 Å². The number of aromatic nitrogens is 4. The largest absolute Gasteiger partial charge is 0.378 e. The summed E-state index contributed by atoms with van der Waals surface area (Å²) in [6, 6.07) is 0.0157. The van der Waals surface area contributed by atoms with E-state index in [1.54, 1.807) is 6.20 Å². The van der Waals surface area contributed by atoms with Gasteiger partial charge in [0.1, 0.15) is 10.4 Å². The van der Waals surface area contributed by atoms with Gasteiger partial charge >= 0.3 is 0 Å². The number of aromatic amines is 1. The minimum absolute atomic E-state index is 0.0700. The van der Waals surface area contributed by atoms with Crippen LogP contribution in [0, 0.1) is 17.8 Å². The van der Waals surface area contributed by atoms with E-state index in [1.165, 1.54) is 11.3 Å². The van der Waals surface area contributed by atoms with Crippen LogP contribution in [0.4, 0.5) is 10.8 Å². The fourth-order valence-corrected chi connectivity index (χ4v) is 7.16. The number of halogens is 2. The highest BCUT2D eigenvalue weighted by Gasteiger charge is 2.48. The second-order valence-electron chi connectivity index (χ2n) is 10.5. The van der Waals surface area contributed by atoms with Crippen LogP contribution < -0.4 is 15.5 Å². The molecule has 3 aromatic heterocycles. The number of hydrogen-bond acceptors (Lipinski definition) is 8. The molecule has 0 aromatic carbocycles. The van der Waals surface area contributed by atoms with Crippen molar-refractivity contribution in [2.45, 2.75) is 32.4 Å². The molecular weight excluding hydrogens is 531 g/mol. The van der Waals surface area contributed by atoms with Gasteiger partial charge in [-0.3, -0.25) is 4.79 Å². The number of likely N-dealkylation sites (N-methyl/N-ethyl adjacent to an activating group) is 1. The zero-order chi connectivity index (χ0) is 25.8. The summed E-state index contributed by atoms with van der Waals surface area (Å²) in [6.45, 7) is 7.77. The highest BCUT2D eigenvalue weighted by atomic mass is 35.5. The summed E-state index contributed by atoms with van der Waals surface area (Å²) >= 11 is 14.8. The third-order valence-electron chi connectivity index (χ3n) is 7.54. The van der Waals surface area contributed by atoms with Gasteiger partial charge in [0.05, 0.1) is 22.8 Å². The maximum absolute atomic E-state index is 13.1. The zero-order valence-electron chi connectivity index (χ0n) is 21.0. The third kappa shape index (κ3) is 4.58. The normalized spacial score (nSPS) is 25.5. The van der Waals surface area contributed by atoms with Crippen LogP contribution in [0.2, 0.25) is 10.2 Å². The van der Waals surface area contributed by atoms with Gasteiger partial charge in [-0.15, -0.1) is 0 Å². The van der Waals surface area contributed by atoms with E-state index in [2.05, 4.69) is 54.6 Å². The maximum Gasteiger partial charge on any atom is 0.225 e. The Bertz CT molecular complexity index is 1360. The number of nitrogens with one attached hydrogen (secondary N) is 3. The zero-order valence-corrected chi connectivity index (χ0v) is 23.3. The van der Waals surface area contributed by atoms with Gasteiger partial charge in [0.25, 0.3) is 0 Å². The van der Waals surface area contributed by atoms with E-state index in [0.717, 1.165) is 42.6 Å². The monoisotopic (exact) mass is 560 g/mol. The highest BCUT2D eigenvalue weighted by molar-refractivity contribution is 7.19. The number of amides is 1. The molecular formula is C25H30Cl2N8OS. The average molecular weight is 562 g/mol. The minimum atomic E-state index is -0.166. The minimum Gasteiger partial charge on any atom is -0.378 e. The van der Waals surface area contributed by atoms with E-state index >= 15 is 0 Å². The Morgan fingerprint density at radius 1 is 1.16 bits per heavy atom. The number of rotatable bonds is 6. The van der Waals surface area contributed by atoms with Crippen LogP contribution in [0.25, 0.3) is 21.9 Å². The van der Waals surface area contributed by atoms with E-state index in [9.17, 15) is 4.79 Å². The number of piperazine rings is 1. The summed E-state index contributed by atoms with van der Waals surface area (Å²) in [4.78, 5) is 35.6. The van der Waals surface area contributed by atoms with Crippen molar-refractivity contribution < 1.29 is 4.79 Å². The van der Waals surface area contributed by atoms with Gasteiger partial charge in [0.2, 0.25) is 5.91 Å². The molecule has 1 saturated carbocycles. The quantitative estimate of drug-likeness (QED) is 0.387. The Morgan fingerprint density at radius 2 is 1.92 bits per heavy atom. The summed E-state index contributed by atoms with van der Waals surface area (Å²) in [7, 11) is 2.13. The van der Waals surface area contributed by atoms with Crippen LogP contribution in [0.3, 0.4) is 0 Å². The van der Waals surface area contributed by atoms with Gasteiger partial charge in [0, 0.05) is 38.3 Å². The molecule has 0 unspecified atom stereocenters. The van der Waals surface area contributed by atoms with Crippen molar-refractivity contribution in [2.24, 2.45) is 17.8 Å². The molecule has 6 rings (SSSR count). The number of hydrogen-bond donors (Lipinski definition) is 3. The van der Waals surface area contributed by atoms with E-state index in [1.807, 2.05) is 13.8 Å². The Balaban J connectivity index is 1.31. The summed E-state index contributed by atoms with van der Waals surface area (Å²) in [5.41, 5.74) is 1.94. The lowest BCUT2D eigenvalue weighted by Gasteiger charge is -2.31. The number of thiazole rings is 1. The van der Waals surface area contributed by atoms with Crippen LogP contribution in [-0.2, 0) is 4.79 Å². The number of anilines is 2. The molecule has 37 heavy (non-hydrogen) atoms. The van der Waals surface area contributed by atoms with Crippen LogP contribution in [0.5, 0.6) is 0 Å². The van der Waals surface area contributed by atoms with Gasteiger partial charge in [-0.1, -0.05) is 46.7 Å². The van der Waals surface area contributed by atoms with Crippen molar-refractivity contribution in [1.82, 2.24) is 30.2 Å². The van der Waals surface area contributed by atoms with Crippen LogP contribution >= 0.6 is 34.5 Å². The van der Waals surface area contributed by atoms with Crippen molar-refractivity contribution in [1.29, 1.82) is 0 Å². The molecule has 2 aliphatic carbocycles. The lowest BCUT2D eigenvalue weighted by molar-refractivity contribution is -0.126. The third-order valence-corrected chi connectivity index (χ3v) is 9.34. The van der Waals surface area contributed by atoms with Crippen LogP contribution in [-0.4, -0.2) is 76.1 Å². The number of carbonyl (C=O) groups excluding carboxylic acids is 1. The van der Waals surface area contributed by atoms with Gasteiger partial charge in [-0.25, -0.2) is 15.0 Å². The first-order valence-electron chi connectivity index (χ1n) is 12.7. The highest BCUT2D eigenvalue weighted by Crippen LogP contribution is 2.46. The van der Waals surface area contributed by atoms with Crippen molar-refractivity contribution in [3.8, 4) is 10.7 Å². The van der Waals surface area contributed by atoms with Gasteiger partial charge < -0.3 is 25.4 Å². The predicted molar refractivity (Wildman–Crippen MR) is 150 cm³/mol. The number of allylic oxidation sites excluding steroid dienone is 1. The Hall–Kier alpha value is -2.40. The second kappa shape index (κ2) is 9.72. The van der Waals surface area contributed by atoms with Crippen LogP contribution in [0.1, 0.15) is 20.3 Å². The fraction of sp³-hybridized carbons (Fsp3) is 0.520. The SMILES string of the molecule is CC(C)NC(=O)[C@@H]1[C@H](Nc2c(Cl)cnc3nc(-c4sc(N5CCN(C)CC5)nc4Cl)[nH]c23)[C@H]2C=C[C@@H]1C2. The van der Waals surface area contributed by atoms with E-state index in [-0.39, 0.29) is 35.7 Å². The molecule has 0 spiro atoms. The molecule has 1 aliphatic heterocycles. The van der Waals surface area contributed by atoms with E-state index < -0.39 is 0 Å². The van der Waals surface area contributed by atoms with Gasteiger partial charge in [-0.05, 0) is 39.2 Å². The molecule has 1 amide bonds. The van der Waals surface area contributed by atoms with Crippen molar-refractivity contribution in [3.05, 3.63) is 28.5 Å². The average Bonchev–Trinajstić information content (AvgIpc) is 3.63. The molecule has 3 N–H and O–H groups in total. The Morgan fingerprint density at radius 3 is 2.68 bits per heavy atom. The van der Waals surface area contributed by atoms with Gasteiger partial charge in [0.15, 0.2) is 21.8 Å². The number of imidazole rings is 1. The molecule has 0 radical (unpaired) electrons. The van der Waals surface area contributed by atoms with Crippen molar-refractivity contribution >= 4 is 62.4 Å². The second-order valence-corrected chi connectivity index (χ2v) is 12.2. The molecule has 196 valence electrons. The summed E-state index contributed by atoms with van der Waals surface area (Å²) in [5.74, 6) is 0.998. The molecule has 1 saturated heterocycles. The number of fused-ring (bicyclic) bond motifs is 3. The molecule has 4 atom stereocenters. The maximum atomic E-state index is 13.1. The van der Waals surface area contributed by atoms with Crippen molar-refractivity contribution in [2.75, 3.05) is 43.4 Å². The molecule has 12 heteroatoms. The number of nitrogens with zero attached hydrogens (tertiary/aromatic N) is 5. The Labute approximate surface area is 229 Å². The fourth-order valence-electron chi connectivity index (χ4n) is 5.68. The molecule has 9 nitrogen and oxygen atoms in total. The number of pyridine rings is 1. The first kappa shape index (κ1) is 24.9. The smallest absolute Gasteiger partial charge is 0.225 e. The van der Waals surface area contributed by atoms with Gasteiger partial charge in [-0.2, -0.15) is 0 Å². The molecule has 2 fully saturated rings. The molecule has 3 aliphatic rings. The summed E-state index contributed by atoms with van der Waals surface area (Å²) in [5, 5.41) is 8.50. The predicted octanol–water partition coefficient (Wildman–Crippen LogP) is 4.27. The number of H-pyrrole nitrogens is 1. The summed E-state index contributed by atoms with van der Waals surface area (Å²) in [6.07, 6.45) is 6.95. The standard InChI is InChI=1S/C25H30Cl2N8OS/c1-12(2)29-24(36)16-13-4-5-14(10-13)17(16)30-18-15(26)11-28-22-19(18)31-23(33-22)20-21(27)32-25(37-20)35-8-6-34(3)7-9-35/h4-5,11-14,16-17H,6-10H2,1-3H3,(H,29,36)(H2,28,30,31,33)/t13-,14+,16+,17-/m1/s1. The molecule has 3 aromatic rings.